The second-order valence-corrected chi connectivity index (χ2v) is 7.71. The van der Waals surface area contributed by atoms with E-state index in [4.69, 9.17) is 0 Å². The first-order valence-electron chi connectivity index (χ1n) is 8.50. The molecule has 2 aromatic rings. The summed E-state index contributed by atoms with van der Waals surface area (Å²) in [7, 11) is 0. The number of nitrogens with one attached hydrogen (secondary N) is 1. The molecule has 0 aromatic heterocycles. The summed E-state index contributed by atoms with van der Waals surface area (Å²) < 4.78 is 0. The first-order valence-corrected chi connectivity index (χ1v) is 9.38. The summed E-state index contributed by atoms with van der Waals surface area (Å²) in [5, 5.41) is 12.1. The Balaban J connectivity index is 1.82. The predicted molar refractivity (Wildman–Crippen MR) is 104 cm³/mol. The van der Waals surface area contributed by atoms with Crippen molar-refractivity contribution in [3.05, 3.63) is 82.8 Å². The lowest BCUT2D eigenvalue weighted by atomic mass is 9.82. The van der Waals surface area contributed by atoms with Gasteiger partial charge in [0.1, 0.15) is 5.25 Å². The molecular weight excluding hydrogens is 346 g/mol. The summed E-state index contributed by atoms with van der Waals surface area (Å²) in [6.07, 6.45) is 1.96. The van der Waals surface area contributed by atoms with E-state index in [1.165, 1.54) is 11.8 Å². The fourth-order valence-electron chi connectivity index (χ4n) is 3.22. The number of hydrogen-bond donors (Lipinski definition) is 2. The predicted octanol–water partition coefficient (Wildman–Crippen LogP) is 3.81. The van der Waals surface area contributed by atoms with E-state index in [9.17, 15) is 14.7 Å². The van der Waals surface area contributed by atoms with Gasteiger partial charge in [0.15, 0.2) is 0 Å². The SMILES string of the molecule is CC1=CC(c2ccccc2)C(C(=O)O)C(C(=O)NCc2ccccc2)S1. The fourth-order valence-corrected chi connectivity index (χ4v) is 4.47. The van der Waals surface area contributed by atoms with E-state index in [0.29, 0.717) is 6.54 Å². The van der Waals surface area contributed by atoms with Crippen molar-refractivity contribution in [1.82, 2.24) is 5.32 Å². The molecule has 1 aliphatic heterocycles. The number of hydrogen-bond acceptors (Lipinski definition) is 3. The van der Waals surface area contributed by atoms with Gasteiger partial charge < -0.3 is 10.4 Å². The number of carboxylic acids is 1. The third kappa shape index (κ3) is 4.17. The maximum absolute atomic E-state index is 12.8. The molecule has 0 bridgehead atoms. The number of thioether (sulfide) groups is 1. The molecule has 2 aromatic carbocycles. The summed E-state index contributed by atoms with van der Waals surface area (Å²) in [6.45, 7) is 2.32. The third-order valence-electron chi connectivity index (χ3n) is 4.48. The highest BCUT2D eigenvalue weighted by molar-refractivity contribution is 8.04. The Morgan fingerprint density at radius 3 is 2.27 bits per heavy atom. The molecule has 1 heterocycles. The summed E-state index contributed by atoms with van der Waals surface area (Å²) in [4.78, 5) is 25.8. The van der Waals surface area contributed by atoms with Crippen molar-refractivity contribution in [1.29, 1.82) is 0 Å². The van der Waals surface area contributed by atoms with Gasteiger partial charge in [0.2, 0.25) is 5.91 Å². The number of amides is 1. The molecule has 0 saturated carbocycles. The Kier molecular flexibility index (Phi) is 5.78. The van der Waals surface area contributed by atoms with Crippen LogP contribution in [0.15, 0.2) is 71.6 Å². The fraction of sp³-hybridized carbons (Fsp3) is 0.238. The van der Waals surface area contributed by atoms with Crippen LogP contribution in [0.4, 0.5) is 0 Å². The van der Waals surface area contributed by atoms with Crippen LogP contribution < -0.4 is 5.32 Å². The van der Waals surface area contributed by atoms with Crippen LogP contribution in [0.5, 0.6) is 0 Å². The van der Waals surface area contributed by atoms with Crippen LogP contribution in [-0.4, -0.2) is 22.2 Å². The molecule has 3 atom stereocenters. The zero-order valence-corrected chi connectivity index (χ0v) is 15.3. The van der Waals surface area contributed by atoms with Crippen LogP contribution in [0.2, 0.25) is 0 Å². The van der Waals surface area contributed by atoms with Gasteiger partial charge >= 0.3 is 5.97 Å². The molecule has 5 heteroatoms. The Bertz CT molecular complexity index is 805. The van der Waals surface area contributed by atoms with Crippen LogP contribution in [0.1, 0.15) is 24.0 Å². The number of rotatable bonds is 5. The monoisotopic (exact) mass is 367 g/mol. The first-order chi connectivity index (χ1) is 12.6. The summed E-state index contributed by atoms with van der Waals surface area (Å²) in [6, 6.07) is 19.1. The first kappa shape index (κ1) is 18.3. The summed E-state index contributed by atoms with van der Waals surface area (Å²) in [5.41, 5.74) is 1.90. The Labute approximate surface area is 157 Å². The lowest BCUT2D eigenvalue weighted by molar-refractivity contribution is -0.144. The van der Waals surface area contributed by atoms with E-state index in [2.05, 4.69) is 5.32 Å². The molecular formula is C21H21NO3S. The van der Waals surface area contributed by atoms with Crippen LogP contribution in [-0.2, 0) is 16.1 Å². The maximum atomic E-state index is 12.8. The average molecular weight is 367 g/mol. The second kappa shape index (κ2) is 8.23. The standard InChI is InChI=1S/C21H21NO3S/c1-14-12-17(16-10-6-3-7-11-16)18(21(24)25)19(26-14)20(23)22-13-15-8-4-2-5-9-15/h2-12,17-19H,13H2,1H3,(H,22,23)(H,24,25). The number of carboxylic acid groups (broad SMARTS) is 1. The number of allylic oxidation sites excluding steroid dienone is 2. The molecule has 0 aliphatic carbocycles. The Morgan fingerprint density at radius 1 is 1.04 bits per heavy atom. The van der Waals surface area contributed by atoms with Crippen molar-refractivity contribution in [2.45, 2.75) is 24.6 Å². The highest BCUT2D eigenvalue weighted by Gasteiger charge is 2.42. The van der Waals surface area contributed by atoms with Gasteiger partial charge in [-0.2, -0.15) is 0 Å². The molecule has 0 saturated heterocycles. The minimum absolute atomic E-state index is 0.236. The van der Waals surface area contributed by atoms with Crippen molar-refractivity contribution in [3.8, 4) is 0 Å². The third-order valence-corrected chi connectivity index (χ3v) is 5.75. The van der Waals surface area contributed by atoms with Crippen molar-refractivity contribution in [2.75, 3.05) is 0 Å². The number of aliphatic carboxylic acids is 1. The lowest BCUT2D eigenvalue weighted by Gasteiger charge is -2.33. The van der Waals surface area contributed by atoms with Gasteiger partial charge in [-0.25, -0.2) is 0 Å². The largest absolute Gasteiger partial charge is 0.481 e. The molecule has 1 amide bonds. The van der Waals surface area contributed by atoms with E-state index >= 15 is 0 Å². The number of carbonyl (C=O) groups is 2. The molecule has 3 rings (SSSR count). The van der Waals surface area contributed by atoms with E-state index in [-0.39, 0.29) is 11.8 Å². The number of carbonyl (C=O) groups excluding carboxylic acids is 1. The topological polar surface area (TPSA) is 66.4 Å². The molecule has 3 unspecified atom stereocenters. The maximum Gasteiger partial charge on any atom is 0.309 e. The van der Waals surface area contributed by atoms with Crippen molar-refractivity contribution >= 4 is 23.6 Å². The molecule has 0 spiro atoms. The molecule has 0 radical (unpaired) electrons. The lowest BCUT2D eigenvalue weighted by Crippen LogP contribution is -2.43. The van der Waals surface area contributed by atoms with Crippen LogP contribution >= 0.6 is 11.8 Å². The quantitative estimate of drug-likeness (QED) is 0.843. The number of benzene rings is 2. The van der Waals surface area contributed by atoms with E-state index in [1.807, 2.05) is 73.7 Å². The molecule has 4 nitrogen and oxygen atoms in total. The minimum Gasteiger partial charge on any atom is -0.481 e. The average Bonchev–Trinajstić information content (AvgIpc) is 2.66. The van der Waals surface area contributed by atoms with Crippen molar-refractivity contribution in [3.63, 3.8) is 0 Å². The molecule has 134 valence electrons. The van der Waals surface area contributed by atoms with E-state index < -0.39 is 17.1 Å². The molecule has 2 N–H and O–H groups in total. The van der Waals surface area contributed by atoms with E-state index in [0.717, 1.165) is 16.0 Å². The second-order valence-electron chi connectivity index (χ2n) is 6.32. The van der Waals surface area contributed by atoms with Gasteiger partial charge in [-0.1, -0.05) is 66.7 Å². The minimum atomic E-state index is -0.949. The van der Waals surface area contributed by atoms with Crippen molar-refractivity contribution < 1.29 is 14.7 Å². The normalized spacial score (nSPS) is 22.3. The zero-order chi connectivity index (χ0) is 18.5. The van der Waals surface area contributed by atoms with Gasteiger partial charge in [0.25, 0.3) is 0 Å². The van der Waals surface area contributed by atoms with Crippen LogP contribution in [0, 0.1) is 5.92 Å². The van der Waals surface area contributed by atoms with Crippen LogP contribution in [0.3, 0.4) is 0 Å². The molecule has 0 fully saturated rings. The van der Waals surface area contributed by atoms with Gasteiger partial charge in [-0.05, 0) is 23.0 Å². The molecule has 1 aliphatic rings. The zero-order valence-electron chi connectivity index (χ0n) is 14.5. The smallest absolute Gasteiger partial charge is 0.309 e. The van der Waals surface area contributed by atoms with Gasteiger partial charge in [0.05, 0.1) is 5.92 Å². The van der Waals surface area contributed by atoms with Gasteiger partial charge in [-0.3, -0.25) is 9.59 Å². The molecule has 26 heavy (non-hydrogen) atoms. The van der Waals surface area contributed by atoms with Gasteiger partial charge in [0, 0.05) is 12.5 Å². The van der Waals surface area contributed by atoms with E-state index in [1.54, 1.807) is 0 Å². The Hall–Kier alpha value is -2.53. The summed E-state index contributed by atoms with van der Waals surface area (Å²) in [5.74, 6) is -2.31. The van der Waals surface area contributed by atoms with Crippen LogP contribution in [0.25, 0.3) is 0 Å². The highest BCUT2D eigenvalue weighted by atomic mass is 32.2. The Morgan fingerprint density at radius 2 is 1.65 bits per heavy atom. The van der Waals surface area contributed by atoms with Gasteiger partial charge in [-0.15, -0.1) is 11.8 Å². The van der Waals surface area contributed by atoms with Crippen molar-refractivity contribution in [2.24, 2.45) is 5.92 Å². The summed E-state index contributed by atoms with van der Waals surface area (Å²) >= 11 is 1.33. The highest BCUT2D eigenvalue weighted by Crippen LogP contribution is 2.43.